The van der Waals surface area contributed by atoms with Gasteiger partial charge in [-0.1, -0.05) is 29.8 Å². The van der Waals surface area contributed by atoms with E-state index in [9.17, 15) is 9.90 Å². The van der Waals surface area contributed by atoms with Crippen LogP contribution >= 0.6 is 15.9 Å². The molecular formula is C16H17BrN2O2. The number of nitrogens with one attached hydrogen (secondary N) is 1. The van der Waals surface area contributed by atoms with Crippen LogP contribution < -0.4 is 5.32 Å². The number of aryl methyl sites for hydroxylation is 1. The van der Waals surface area contributed by atoms with Gasteiger partial charge in [-0.25, -0.2) is 0 Å². The van der Waals surface area contributed by atoms with Crippen LogP contribution in [0.1, 0.15) is 16.7 Å². The molecule has 5 heteroatoms. The number of carbonyl (C=O) groups is 1. The Labute approximate surface area is 132 Å². The van der Waals surface area contributed by atoms with Gasteiger partial charge in [-0.15, -0.1) is 0 Å². The van der Waals surface area contributed by atoms with Gasteiger partial charge in [-0.05, 0) is 40.0 Å². The number of hydrogen-bond acceptors (Lipinski definition) is 3. The number of benzene rings is 1. The molecule has 0 saturated heterocycles. The molecule has 1 aromatic carbocycles. The van der Waals surface area contributed by atoms with Crippen molar-refractivity contribution in [3.05, 3.63) is 63.9 Å². The van der Waals surface area contributed by atoms with E-state index in [0.29, 0.717) is 13.0 Å². The van der Waals surface area contributed by atoms with E-state index < -0.39 is 12.0 Å². The lowest BCUT2D eigenvalue weighted by molar-refractivity contribution is -0.139. The molecule has 1 unspecified atom stereocenters. The maximum atomic E-state index is 11.4. The van der Waals surface area contributed by atoms with Crippen LogP contribution in [-0.4, -0.2) is 22.1 Å². The standard InChI is InChI=1S/C16H17BrN2O2/c1-11-3-2-4-12(5-11)9-19-15(16(20)21)7-13-6-14(17)10-18-8-13/h2-6,8,10,15,19H,7,9H2,1H3,(H,20,21). The highest BCUT2D eigenvalue weighted by molar-refractivity contribution is 9.10. The minimum absolute atomic E-state index is 0.396. The lowest BCUT2D eigenvalue weighted by Crippen LogP contribution is -2.38. The molecule has 0 saturated carbocycles. The van der Waals surface area contributed by atoms with Gasteiger partial charge in [-0.3, -0.25) is 9.78 Å². The van der Waals surface area contributed by atoms with Crippen LogP contribution in [-0.2, 0) is 17.8 Å². The van der Waals surface area contributed by atoms with Crippen molar-refractivity contribution in [1.82, 2.24) is 10.3 Å². The quantitative estimate of drug-likeness (QED) is 0.842. The summed E-state index contributed by atoms with van der Waals surface area (Å²) >= 11 is 3.34. The average molecular weight is 349 g/mol. The van der Waals surface area contributed by atoms with Crippen LogP contribution in [0.3, 0.4) is 0 Å². The number of aromatic nitrogens is 1. The molecule has 0 spiro atoms. The molecule has 110 valence electrons. The van der Waals surface area contributed by atoms with Crippen LogP contribution in [0.2, 0.25) is 0 Å². The van der Waals surface area contributed by atoms with Gasteiger partial charge < -0.3 is 10.4 Å². The predicted molar refractivity (Wildman–Crippen MR) is 85.1 cm³/mol. The molecule has 1 heterocycles. The van der Waals surface area contributed by atoms with E-state index in [1.54, 1.807) is 12.4 Å². The van der Waals surface area contributed by atoms with Gasteiger partial charge in [0.25, 0.3) is 0 Å². The maximum absolute atomic E-state index is 11.4. The van der Waals surface area contributed by atoms with Crippen molar-refractivity contribution in [2.24, 2.45) is 0 Å². The Balaban J connectivity index is 2.01. The summed E-state index contributed by atoms with van der Waals surface area (Å²) in [5, 5.41) is 12.4. The summed E-state index contributed by atoms with van der Waals surface area (Å²) in [6.07, 6.45) is 3.77. The van der Waals surface area contributed by atoms with Gasteiger partial charge in [0.05, 0.1) is 0 Å². The second-order valence-corrected chi connectivity index (χ2v) is 5.89. The van der Waals surface area contributed by atoms with Gasteiger partial charge in [0, 0.05) is 29.8 Å². The van der Waals surface area contributed by atoms with Gasteiger partial charge >= 0.3 is 5.97 Å². The van der Waals surface area contributed by atoms with Crippen molar-refractivity contribution < 1.29 is 9.90 Å². The van der Waals surface area contributed by atoms with Crippen molar-refractivity contribution in [2.75, 3.05) is 0 Å². The second-order valence-electron chi connectivity index (χ2n) is 4.98. The van der Waals surface area contributed by atoms with Gasteiger partial charge in [0.1, 0.15) is 6.04 Å². The molecule has 21 heavy (non-hydrogen) atoms. The summed E-state index contributed by atoms with van der Waals surface area (Å²) in [6, 6.07) is 9.27. The topological polar surface area (TPSA) is 62.2 Å². The van der Waals surface area contributed by atoms with Gasteiger partial charge in [0.15, 0.2) is 0 Å². The molecule has 4 nitrogen and oxygen atoms in total. The molecular weight excluding hydrogens is 332 g/mol. The number of hydrogen-bond donors (Lipinski definition) is 2. The highest BCUT2D eigenvalue weighted by atomic mass is 79.9. The van der Waals surface area contributed by atoms with Crippen LogP contribution in [0.15, 0.2) is 47.2 Å². The summed E-state index contributed by atoms with van der Waals surface area (Å²) in [6.45, 7) is 2.55. The molecule has 2 N–H and O–H groups in total. The number of halogens is 1. The Morgan fingerprint density at radius 3 is 2.81 bits per heavy atom. The number of aliphatic carboxylic acids is 1. The van der Waals surface area contributed by atoms with E-state index in [0.717, 1.165) is 21.2 Å². The van der Waals surface area contributed by atoms with Crippen LogP contribution in [0.25, 0.3) is 0 Å². The molecule has 2 rings (SSSR count). The van der Waals surface area contributed by atoms with Crippen LogP contribution in [0, 0.1) is 6.92 Å². The Hall–Kier alpha value is -1.72. The van der Waals surface area contributed by atoms with E-state index in [4.69, 9.17) is 0 Å². The molecule has 1 atom stereocenters. The van der Waals surface area contributed by atoms with Crippen molar-refractivity contribution in [1.29, 1.82) is 0 Å². The first-order valence-corrected chi connectivity index (χ1v) is 7.45. The fraction of sp³-hybridized carbons (Fsp3) is 0.250. The lowest BCUT2D eigenvalue weighted by atomic mass is 10.1. The fourth-order valence-corrected chi connectivity index (χ4v) is 2.53. The summed E-state index contributed by atoms with van der Waals surface area (Å²) in [5.41, 5.74) is 3.12. The highest BCUT2D eigenvalue weighted by Crippen LogP contribution is 2.12. The van der Waals surface area contributed by atoms with Crippen molar-refractivity contribution >= 4 is 21.9 Å². The van der Waals surface area contributed by atoms with E-state index in [-0.39, 0.29) is 0 Å². The summed E-state index contributed by atoms with van der Waals surface area (Å²) in [4.78, 5) is 15.4. The van der Waals surface area contributed by atoms with Crippen LogP contribution in [0.5, 0.6) is 0 Å². The average Bonchev–Trinajstić information content (AvgIpc) is 2.43. The van der Waals surface area contributed by atoms with Crippen molar-refractivity contribution in [2.45, 2.75) is 25.9 Å². The molecule has 0 radical (unpaired) electrons. The predicted octanol–water partition coefficient (Wildman–Crippen LogP) is 2.94. The normalized spacial score (nSPS) is 12.1. The Morgan fingerprint density at radius 2 is 2.14 bits per heavy atom. The maximum Gasteiger partial charge on any atom is 0.321 e. The highest BCUT2D eigenvalue weighted by Gasteiger charge is 2.17. The Morgan fingerprint density at radius 1 is 1.33 bits per heavy atom. The minimum Gasteiger partial charge on any atom is -0.480 e. The smallest absolute Gasteiger partial charge is 0.321 e. The molecule has 0 aliphatic rings. The van der Waals surface area contributed by atoms with E-state index in [2.05, 4.69) is 26.2 Å². The SMILES string of the molecule is Cc1cccc(CNC(Cc2cncc(Br)c2)C(=O)O)c1. The Kier molecular flexibility index (Phi) is 5.47. The summed E-state index contributed by atoms with van der Waals surface area (Å²) in [7, 11) is 0. The van der Waals surface area contributed by atoms with E-state index >= 15 is 0 Å². The minimum atomic E-state index is -0.859. The zero-order valence-electron chi connectivity index (χ0n) is 11.7. The van der Waals surface area contributed by atoms with Gasteiger partial charge in [0.2, 0.25) is 0 Å². The number of carboxylic acids is 1. The molecule has 0 fully saturated rings. The third-order valence-electron chi connectivity index (χ3n) is 3.13. The molecule has 0 aliphatic carbocycles. The number of carboxylic acid groups (broad SMARTS) is 1. The fourth-order valence-electron chi connectivity index (χ4n) is 2.11. The first kappa shape index (κ1) is 15.7. The molecule has 2 aromatic rings. The molecule has 1 aromatic heterocycles. The van der Waals surface area contributed by atoms with Crippen molar-refractivity contribution in [3.63, 3.8) is 0 Å². The monoisotopic (exact) mass is 348 g/mol. The zero-order valence-corrected chi connectivity index (χ0v) is 13.3. The molecule has 0 bridgehead atoms. The largest absolute Gasteiger partial charge is 0.480 e. The first-order valence-electron chi connectivity index (χ1n) is 6.66. The number of rotatable bonds is 6. The Bertz CT molecular complexity index is 631. The first-order chi connectivity index (χ1) is 10.0. The van der Waals surface area contributed by atoms with E-state index in [1.165, 1.54) is 0 Å². The summed E-state index contributed by atoms with van der Waals surface area (Å²) < 4.78 is 0.850. The van der Waals surface area contributed by atoms with E-state index in [1.807, 2.05) is 37.3 Å². The summed E-state index contributed by atoms with van der Waals surface area (Å²) in [5.74, 6) is -0.859. The zero-order chi connectivity index (χ0) is 15.2. The molecule has 0 aliphatic heterocycles. The third-order valence-corrected chi connectivity index (χ3v) is 3.57. The van der Waals surface area contributed by atoms with Gasteiger partial charge in [-0.2, -0.15) is 0 Å². The van der Waals surface area contributed by atoms with Crippen molar-refractivity contribution in [3.8, 4) is 0 Å². The number of pyridine rings is 1. The molecule has 0 amide bonds. The third kappa shape index (κ3) is 4.95. The lowest BCUT2D eigenvalue weighted by Gasteiger charge is -2.15. The number of nitrogens with zero attached hydrogens (tertiary/aromatic N) is 1. The van der Waals surface area contributed by atoms with Crippen LogP contribution in [0.4, 0.5) is 0 Å². The second kappa shape index (κ2) is 7.33.